The molecule has 0 saturated heterocycles. The highest BCUT2D eigenvalue weighted by atomic mass is 32.2. The summed E-state index contributed by atoms with van der Waals surface area (Å²) in [5.41, 5.74) is -4.24. The molecule has 0 radical (unpaired) electrons. The minimum atomic E-state index is -5.22. The molecule has 4 nitrogen and oxygen atoms in total. The average molecular weight is 375 g/mol. The van der Waals surface area contributed by atoms with Gasteiger partial charge in [-0.05, 0) is 37.3 Å². The number of halogens is 4. The van der Waals surface area contributed by atoms with E-state index >= 15 is 0 Å². The van der Waals surface area contributed by atoms with E-state index in [0.717, 1.165) is 12.1 Å². The Hall–Kier alpha value is -2.26. The maximum atomic E-state index is 14.1. The van der Waals surface area contributed by atoms with Gasteiger partial charge in [0, 0.05) is 9.79 Å². The molecule has 0 spiro atoms. The van der Waals surface area contributed by atoms with Crippen LogP contribution in [0.15, 0.2) is 58.3 Å². The first kappa shape index (κ1) is 19.1. The van der Waals surface area contributed by atoms with Crippen molar-refractivity contribution in [3.63, 3.8) is 0 Å². The largest absolute Gasteiger partial charge is 0.426 e. The Morgan fingerprint density at radius 3 is 2.20 bits per heavy atom. The molecule has 2 aromatic rings. The quantitative estimate of drug-likeness (QED) is 0.807. The van der Waals surface area contributed by atoms with Crippen molar-refractivity contribution in [3.8, 4) is 0 Å². The second kappa shape index (κ2) is 6.93. The Kier molecular flexibility index (Phi) is 5.28. The van der Waals surface area contributed by atoms with Crippen LogP contribution >= 0.6 is 0 Å². The standard InChI is InChI=1S/C16H13F4NO3S/c1-15(23,16(18,19)20)14(22)21-13-8-7-11(9-12(13)17)25(24)10-5-3-2-4-6-10/h2-9,23H,1H3,(H,21,22). The third kappa shape index (κ3) is 4.05. The average Bonchev–Trinajstić information content (AvgIpc) is 2.55. The summed E-state index contributed by atoms with van der Waals surface area (Å²) in [5.74, 6) is -2.90. The number of rotatable bonds is 4. The van der Waals surface area contributed by atoms with Crippen molar-refractivity contribution in [2.24, 2.45) is 0 Å². The molecule has 25 heavy (non-hydrogen) atoms. The van der Waals surface area contributed by atoms with Gasteiger partial charge < -0.3 is 10.4 Å². The van der Waals surface area contributed by atoms with Gasteiger partial charge in [0.25, 0.3) is 5.91 Å². The fourth-order valence-electron chi connectivity index (χ4n) is 1.77. The third-order valence-corrected chi connectivity index (χ3v) is 4.74. The zero-order valence-electron chi connectivity index (χ0n) is 12.8. The van der Waals surface area contributed by atoms with Crippen molar-refractivity contribution < 1.29 is 31.7 Å². The Balaban J connectivity index is 2.23. The molecule has 0 saturated carbocycles. The summed E-state index contributed by atoms with van der Waals surface area (Å²) < 4.78 is 64.2. The predicted octanol–water partition coefficient (Wildman–Crippen LogP) is 3.24. The van der Waals surface area contributed by atoms with E-state index < -0.39 is 40.0 Å². The van der Waals surface area contributed by atoms with Gasteiger partial charge in [0.15, 0.2) is 0 Å². The van der Waals surface area contributed by atoms with Crippen LogP contribution in [0.25, 0.3) is 0 Å². The van der Waals surface area contributed by atoms with Gasteiger partial charge in [-0.25, -0.2) is 8.60 Å². The summed E-state index contributed by atoms with van der Waals surface area (Å²) in [4.78, 5) is 12.1. The summed E-state index contributed by atoms with van der Waals surface area (Å²) in [5, 5.41) is 10.9. The Bertz CT molecular complexity index is 807. The highest BCUT2D eigenvalue weighted by Gasteiger charge is 2.55. The number of amides is 1. The monoisotopic (exact) mass is 375 g/mol. The van der Waals surface area contributed by atoms with E-state index in [1.54, 1.807) is 35.6 Å². The third-order valence-electron chi connectivity index (χ3n) is 3.35. The number of anilines is 1. The van der Waals surface area contributed by atoms with Gasteiger partial charge in [0.2, 0.25) is 5.60 Å². The first-order valence-electron chi connectivity index (χ1n) is 6.91. The Morgan fingerprint density at radius 2 is 1.68 bits per heavy atom. The molecule has 2 rings (SSSR count). The van der Waals surface area contributed by atoms with Gasteiger partial charge in [-0.3, -0.25) is 4.79 Å². The van der Waals surface area contributed by atoms with Crippen molar-refractivity contribution in [2.45, 2.75) is 28.5 Å². The van der Waals surface area contributed by atoms with Crippen LogP contribution in [0.4, 0.5) is 23.2 Å². The SMILES string of the molecule is CC(O)(C(=O)Nc1ccc(S(=O)c2ccccc2)cc1F)C(F)(F)F. The number of hydrogen-bond donors (Lipinski definition) is 2. The molecule has 2 N–H and O–H groups in total. The summed E-state index contributed by atoms with van der Waals surface area (Å²) in [6.07, 6.45) is -5.22. The van der Waals surface area contributed by atoms with Crippen molar-refractivity contribution in [3.05, 3.63) is 54.3 Å². The summed E-state index contributed by atoms with van der Waals surface area (Å²) in [6.45, 7) is 0.263. The molecule has 0 aromatic heterocycles. The molecular weight excluding hydrogens is 362 g/mol. The van der Waals surface area contributed by atoms with E-state index in [1.165, 1.54) is 6.07 Å². The van der Waals surface area contributed by atoms with E-state index in [2.05, 4.69) is 0 Å². The normalized spacial score (nSPS) is 15.3. The molecule has 0 aliphatic heterocycles. The Morgan fingerprint density at radius 1 is 1.08 bits per heavy atom. The van der Waals surface area contributed by atoms with Crippen LogP contribution in [-0.2, 0) is 15.6 Å². The molecule has 0 bridgehead atoms. The number of hydrogen-bond acceptors (Lipinski definition) is 3. The van der Waals surface area contributed by atoms with Gasteiger partial charge in [0.1, 0.15) is 5.82 Å². The zero-order chi connectivity index (χ0) is 18.8. The molecule has 0 aliphatic rings. The molecule has 0 aliphatic carbocycles. The number of alkyl halides is 3. The molecule has 0 fully saturated rings. The number of benzene rings is 2. The molecule has 2 unspecified atom stereocenters. The first-order valence-corrected chi connectivity index (χ1v) is 8.06. The van der Waals surface area contributed by atoms with Crippen LogP contribution in [0.3, 0.4) is 0 Å². The molecule has 2 atom stereocenters. The lowest BCUT2D eigenvalue weighted by atomic mass is 10.1. The number of nitrogens with one attached hydrogen (secondary N) is 1. The maximum absolute atomic E-state index is 14.1. The lowest BCUT2D eigenvalue weighted by Crippen LogP contribution is -2.52. The van der Waals surface area contributed by atoms with Crippen LogP contribution in [-0.4, -0.2) is 27.0 Å². The van der Waals surface area contributed by atoms with Gasteiger partial charge in [0.05, 0.1) is 16.5 Å². The first-order chi connectivity index (χ1) is 11.5. The lowest BCUT2D eigenvalue weighted by molar-refractivity contribution is -0.242. The van der Waals surface area contributed by atoms with Crippen LogP contribution in [0.5, 0.6) is 0 Å². The Labute approximate surface area is 142 Å². The van der Waals surface area contributed by atoms with Gasteiger partial charge in [-0.2, -0.15) is 13.2 Å². The van der Waals surface area contributed by atoms with Crippen LogP contribution in [0, 0.1) is 5.82 Å². The summed E-state index contributed by atoms with van der Waals surface area (Å²) in [6, 6.07) is 11.2. The van der Waals surface area contributed by atoms with E-state index in [4.69, 9.17) is 0 Å². The summed E-state index contributed by atoms with van der Waals surface area (Å²) in [7, 11) is -1.69. The van der Waals surface area contributed by atoms with E-state index in [1.807, 2.05) is 0 Å². The van der Waals surface area contributed by atoms with E-state index in [9.17, 15) is 31.7 Å². The van der Waals surface area contributed by atoms with Gasteiger partial charge in [-0.15, -0.1) is 0 Å². The minimum absolute atomic E-state index is 0.0734. The predicted molar refractivity (Wildman–Crippen MR) is 82.8 cm³/mol. The fraction of sp³-hybridized carbons (Fsp3) is 0.188. The highest BCUT2D eigenvalue weighted by Crippen LogP contribution is 2.31. The second-order valence-electron chi connectivity index (χ2n) is 5.25. The van der Waals surface area contributed by atoms with Crippen molar-refractivity contribution >= 4 is 22.4 Å². The maximum Gasteiger partial charge on any atom is 0.426 e. The number of carbonyl (C=O) groups is 1. The molecule has 2 aromatic carbocycles. The van der Waals surface area contributed by atoms with Crippen molar-refractivity contribution in [2.75, 3.05) is 5.32 Å². The van der Waals surface area contributed by atoms with Crippen molar-refractivity contribution in [1.29, 1.82) is 0 Å². The van der Waals surface area contributed by atoms with Gasteiger partial charge >= 0.3 is 6.18 Å². The molecule has 9 heteroatoms. The number of carbonyl (C=O) groups excluding carboxylic acids is 1. The topological polar surface area (TPSA) is 66.4 Å². The summed E-state index contributed by atoms with van der Waals surface area (Å²) >= 11 is 0. The van der Waals surface area contributed by atoms with Crippen LogP contribution < -0.4 is 5.32 Å². The second-order valence-corrected chi connectivity index (χ2v) is 6.73. The molecule has 0 heterocycles. The molecule has 134 valence electrons. The van der Waals surface area contributed by atoms with E-state index in [0.29, 0.717) is 4.90 Å². The highest BCUT2D eigenvalue weighted by molar-refractivity contribution is 7.85. The molecular formula is C16H13F4NO3S. The minimum Gasteiger partial charge on any atom is -0.373 e. The zero-order valence-corrected chi connectivity index (χ0v) is 13.6. The smallest absolute Gasteiger partial charge is 0.373 e. The lowest BCUT2D eigenvalue weighted by Gasteiger charge is -2.24. The van der Waals surface area contributed by atoms with Crippen molar-refractivity contribution in [1.82, 2.24) is 0 Å². The fourth-order valence-corrected chi connectivity index (χ4v) is 2.84. The van der Waals surface area contributed by atoms with Crippen LogP contribution in [0.2, 0.25) is 0 Å². The molecule has 1 amide bonds. The van der Waals surface area contributed by atoms with Gasteiger partial charge in [-0.1, -0.05) is 18.2 Å². The number of aliphatic hydroxyl groups is 1. The van der Waals surface area contributed by atoms with Crippen LogP contribution in [0.1, 0.15) is 6.92 Å². The van der Waals surface area contributed by atoms with E-state index in [-0.39, 0.29) is 11.8 Å².